The molecule has 0 fully saturated rings. The van der Waals surface area contributed by atoms with Gasteiger partial charge in [0.25, 0.3) is 0 Å². The number of amides is 2. The minimum absolute atomic E-state index is 0.00834. The van der Waals surface area contributed by atoms with Gasteiger partial charge >= 0.3 is 0 Å². The van der Waals surface area contributed by atoms with Gasteiger partial charge in [0.05, 0.1) is 5.92 Å². The first-order valence-electron chi connectivity index (χ1n) is 11.4. The molecule has 0 radical (unpaired) electrons. The highest BCUT2D eigenvalue weighted by Crippen LogP contribution is 2.26. The van der Waals surface area contributed by atoms with E-state index in [0.29, 0.717) is 31.0 Å². The summed E-state index contributed by atoms with van der Waals surface area (Å²) in [5, 5.41) is 6.46. The Balaban J connectivity index is 1.79. The summed E-state index contributed by atoms with van der Waals surface area (Å²) >= 11 is 6.06. The van der Waals surface area contributed by atoms with Crippen LogP contribution < -0.4 is 22.1 Å². The SMILES string of the molecule is NC(N)=NCCC[C@@H](NC(=O)[C@@H](c1ccccc1)c1ccc(Cl)cc1)C(=O)NCc1ccccc1. The summed E-state index contributed by atoms with van der Waals surface area (Å²) in [5.74, 6) is -1.16. The van der Waals surface area contributed by atoms with Gasteiger partial charge in [0.1, 0.15) is 6.04 Å². The van der Waals surface area contributed by atoms with E-state index in [0.717, 1.165) is 16.7 Å². The van der Waals surface area contributed by atoms with Crippen molar-refractivity contribution >= 4 is 29.4 Å². The smallest absolute Gasteiger partial charge is 0.242 e. The number of aliphatic imine (C=N–C) groups is 1. The first-order valence-corrected chi connectivity index (χ1v) is 11.8. The minimum atomic E-state index is -0.751. The largest absolute Gasteiger partial charge is 0.370 e. The molecule has 6 N–H and O–H groups in total. The van der Waals surface area contributed by atoms with E-state index in [1.165, 1.54) is 0 Å². The third kappa shape index (κ3) is 8.15. The summed E-state index contributed by atoms with van der Waals surface area (Å²) in [6.07, 6.45) is 0.907. The molecule has 7 nitrogen and oxygen atoms in total. The number of benzene rings is 3. The molecule has 3 aromatic carbocycles. The molecule has 2 atom stereocenters. The van der Waals surface area contributed by atoms with Crippen molar-refractivity contribution in [2.45, 2.75) is 31.3 Å². The van der Waals surface area contributed by atoms with Crippen LogP contribution in [0.2, 0.25) is 5.02 Å². The van der Waals surface area contributed by atoms with Crippen LogP contribution in [0.4, 0.5) is 0 Å². The molecule has 0 heterocycles. The summed E-state index contributed by atoms with van der Waals surface area (Å²) < 4.78 is 0. The van der Waals surface area contributed by atoms with Crippen molar-refractivity contribution in [2.24, 2.45) is 16.5 Å². The lowest BCUT2D eigenvalue weighted by atomic mass is 9.90. The molecule has 35 heavy (non-hydrogen) atoms. The summed E-state index contributed by atoms with van der Waals surface area (Å²) in [5.41, 5.74) is 13.4. The van der Waals surface area contributed by atoms with Gasteiger partial charge < -0.3 is 22.1 Å². The Morgan fingerprint density at radius 1 is 0.829 bits per heavy atom. The molecule has 0 aliphatic heterocycles. The van der Waals surface area contributed by atoms with E-state index >= 15 is 0 Å². The van der Waals surface area contributed by atoms with Gasteiger partial charge in [0, 0.05) is 18.1 Å². The third-order valence-corrected chi connectivity index (χ3v) is 5.74. The molecule has 2 amide bonds. The zero-order chi connectivity index (χ0) is 25.0. The van der Waals surface area contributed by atoms with Gasteiger partial charge in [-0.1, -0.05) is 84.4 Å². The Morgan fingerprint density at radius 3 is 2.06 bits per heavy atom. The Kier molecular flexibility index (Phi) is 9.69. The van der Waals surface area contributed by atoms with Gasteiger partial charge in [-0.05, 0) is 41.7 Å². The van der Waals surface area contributed by atoms with Crippen molar-refractivity contribution in [1.29, 1.82) is 0 Å². The second-order valence-corrected chi connectivity index (χ2v) is 8.55. The van der Waals surface area contributed by atoms with Crippen LogP contribution >= 0.6 is 11.6 Å². The molecule has 0 aliphatic rings. The normalized spacial score (nSPS) is 12.3. The number of guanidine groups is 1. The highest BCUT2D eigenvalue weighted by molar-refractivity contribution is 6.30. The van der Waals surface area contributed by atoms with Gasteiger partial charge in [-0.3, -0.25) is 14.6 Å². The Hall–Kier alpha value is -3.84. The second-order valence-electron chi connectivity index (χ2n) is 8.11. The Labute approximate surface area is 210 Å². The topological polar surface area (TPSA) is 123 Å². The average Bonchev–Trinajstić information content (AvgIpc) is 2.87. The lowest BCUT2D eigenvalue weighted by Crippen LogP contribution is -2.48. The maximum Gasteiger partial charge on any atom is 0.242 e. The van der Waals surface area contributed by atoms with E-state index < -0.39 is 12.0 Å². The number of nitrogens with two attached hydrogens (primary N) is 2. The predicted octanol–water partition coefficient (Wildman–Crippen LogP) is 3.33. The van der Waals surface area contributed by atoms with Gasteiger partial charge in [-0.2, -0.15) is 0 Å². The van der Waals surface area contributed by atoms with Crippen LogP contribution in [-0.2, 0) is 16.1 Å². The molecule has 0 spiro atoms. The zero-order valence-corrected chi connectivity index (χ0v) is 20.1. The van der Waals surface area contributed by atoms with Crippen LogP contribution in [-0.4, -0.2) is 30.4 Å². The number of carbonyl (C=O) groups is 2. The first kappa shape index (κ1) is 25.8. The average molecular weight is 492 g/mol. The lowest BCUT2D eigenvalue weighted by Gasteiger charge is -2.23. The number of nitrogens with zero attached hydrogens (tertiary/aromatic N) is 1. The van der Waals surface area contributed by atoms with Crippen LogP contribution in [0.15, 0.2) is 89.9 Å². The monoisotopic (exact) mass is 491 g/mol. The van der Waals surface area contributed by atoms with Crippen molar-refractivity contribution in [3.05, 3.63) is 107 Å². The van der Waals surface area contributed by atoms with Gasteiger partial charge in [0.2, 0.25) is 11.8 Å². The summed E-state index contributed by atoms with van der Waals surface area (Å²) in [4.78, 5) is 30.6. The summed E-state index contributed by atoms with van der Waals surface area (Å²) in [7, 11) is 0. The van der Waals surface area contributed by atoms with Crippen molar-refractivity contribution in [3.8, 4) is 0 Å². The number of hydrogen-bond donors (Lipinski definition) is 4. The standard InChI is InChI=1S/C27H30ClN5O2/c28-22-15-13-21(14-16-22)24(20-10-5-2-6-11-20)26(35)33-23(12-7-17-31-27(29)30)25(34)32-18-19-8-3-1-4-9-19/h1-6,8-11,13-16,23-24H,7,12,17-18H2,(H,32,34)(H,33,35)(H4,29,30,31)/t23-,24+/m1/s1. The van der Waals surface area contributed by atoms with Crippen LogP contribution in [0.25, 0.3) is 0 Å². The quantitative estimate of drug-likeness (QED) is 0.186. The highest BCUT2D eigenvalue weighted by atomic mass is 35.5. The lowest BCUT2D eigenvalue weighted by molar-refractivity contribution is -0.129. The maximum absolute atomic E-state index is 13.6. The van der Waals surface area contributed by atoms with E-state index in [9.17, 15) is 9.59 Å². The Morgan fingerprint density at radius 2 is 1.43 bits per heavy atom. The molecule has 0 saturated heterocycles. The van der Waals surface area contributed by atoms with E-state index in [1.807, 2.05) is 72.8 Å². The van der Waals surface area contributed by atoms with Crippen LogP contribution in [0, 0.1) is 0 Å². The van der Waals surface area contributed by atoms with Crippen molar-refractivity contribution in [1.82, 2.24) is 10.6 Å². The van der Waals surface area contributed by atoms with Gasteiger partial charge in [-0.25, -0.2) is 0 Å². The molecule has 0 aromatic heterocycles. The fourth-order valence-corrected chi connectivity index (χ4v) is 3.86. The molecule has 8 heteroatoms. The fraction of sp³-hybridized carbons (Fsp3) is 0.222. The van der Waals surface area contributed by atoms with E-state index in [-0.39, 0.29) is 17.8 Å². The van der Waals surface area contributed by atoms with Crippen molar-refractivity contribution < 1.29 is 9.59 Å². The van der Waals surface area contributed by atoms with E-state index in [2.05, 4.69) is 15.6 Å². The second kappa shape index (κ2) is 13.2. The van der Waals surface area contributed by atoms with Crippen LogP contribution in [0.3, 0.4) is 0 Å². The minimum Gasteiger partial charge on any atom is -0.370 e. The number of halogens is 1. The number of rotatable bonds is 11. The number of carbonyl (C=O) groups excluding carboxylic acids is 2. The third-order valence-electron chi connectivity index (χ3n) is 5.49. The number of hydrogen-bond acceptors (Lipinski definition) is 3. The van der Waals surface area contributed by atoms with Gasteiger partial charge in [0.15, 0.2) is 5.96 Å². The molecular formula is C27H30ClN5O2. The van der Waals surface area contributed by atoms with Crippen LogP contribution in [0.5, 0.6) is 0 Å². The highest BCUT2D eigenvalue weighted by Gasteiger charge is 2.27. The predicted molar refractivity (Wildman–Crippen MR) is 140 cm³/mol. The van der Waals surface area contributed by atoms with Crippen molar-refractivity contribution in [2.75, 3.05) is 6.54 Å². The Bertz CT molecular complexity index is 1120. The van der Waals surface area contributed by atoms with E-state index in [4.69, 9.17) is 23.1 Å². The summed E-state index contributed by atoms with van der Waals surface area (Å²) in [6.45, 7) is 0.721. The van der Waals surface area contributed by atoms with E-state index in [1.54, 1.807) is 12.1 Å². The van der Waals surface area contributed by atoms with Crippen LogP contribution in [0.1, 0.15) is 35.4 Å². The maximum atomic E-state index is 13.6. The fourth-order valence-electron chi connectivity index (χ4n) is 3.73. The summed E-state index contributed by atoms with van der Waals surface area (Å²) in [6, 6.07) is 25.4. The molecular weight excluding hydrogens is 462 g/mol. The zero-order valence-electron chi connectivity index (χ0n) is 19.4. The molecule has 3 aromatic rings. The van der Waals surface area contributed by atoms with Crippen molar-refractivity contribution in [3.63, 3.8) is 0 Å². The van der Waals surface area contributed by atoms with Gasteiger partial charge in [-0.15, -0.1) is 0 Å². The molecule has 0 unspecified atom stereocenters. The molecule has 0 aliphatic carbocycles. The molecule has 0 bridgehead atoms. The number of nitrogens with one attached hydrogen (secondary N) is 2. The molecule has 0 saturated carbocycles. The molecule has 3 rings (SSSR count). The first-order chi connectivity index (χ1) is 16.9. The molecule has 182 valence electrons.